The molecule has 0 radical (unpaired) electrons. The van der Waals surface area contributed by atoms with Crippen LogP contribution in [0.15, 0.2) is 53.0 Å². The van der Waals surface area contributed by atoms with Crippen LogP contribution in [0.25, 0.3) is 0 Å². The van der Waals surface area contributed by atoms with Crippen LogP contribution in [0.1, 0.15) is 42.1 Å². The van der Waals surface area contributed by atoms with Crippen molar-refractivity contribution in [2.24, 2.45) is 0 Å². The molecule has 126 valence electrons. The van der Waals surface area contributed by atoms with Crippen LogP contribution in [0, 0.1) is 0 Å². The van der Waals surface area contributed by atoms with Gasteiger partial charge in [0.05, 0.1) is 12.6 Å². The lowest BCUT2D eigenvalue weighted by Crippen LogP contribution is -2.37. The summed E-state index contributed by atoms with van der Waals surface area (Å²) in [7, 11) is 2.04. The van der Waals surface area contributed by atoms with E-state index in [0.29, 0.717) is 12.6 Å². The van der Waals surface area contributed by atoms with Gasteiger partial charge in [-0.1, -0.05) is 52.3 Å². The Bertz CT molecular complexity index is 714. The number of amides is 1. The summed E-state index contributed by atoms with van der Waals surface area (Å²) >= 11 is 3.44. The van der Waals surface area contributed by atoms with Gasteiger partial charge in [-0.3, -0.25) is 9.69 Å². The van der Waals surface area contributed by atoms with Gasteiger partial charge in [-0.25, -0.2) is 0 Å². The van der Waals surface area contributed by atoms with Crippen LogP contribution in [0.2, 0.25) is 0 Å². The number of aryl methyl sites for hydroxylation is 1. The molecule has 0 saturated carbocycles. The molecule has 0 heterocycles. The predicted octanol–water partition coefficient (Wildman–Crippen LogP) is 4.25. The maximum atomic E-state index is 12.4. The van der Waals surface area contributed by atoms with Crippen LogP contribution in [0.5, 0.6) is 0 Å². The van der Waals surface area contributed by atoms with Gasteiger partial charge < -0.3 is 5.32 Å². The first-order valence-corrected chi connectivity index (χ1v) is 9.17. The van der Waals surface area contributed by atoms with E-state index in [1.54, 1.807) is 0 Å². The molecule has 0 saturated heterocycles. The largest absolute Gasteiger partial charge is 0.348 e. The van der Waals surface area contributed by atoms with Crippen LogP contribution in [0.3, 0.4) is 0 Å². The maximum absolute atomic E-state index is 12.4. The van der Waals surface area contributed by atoms with Crippen LogP contribution < -0.4 is 5.32 Å². The molecule has 0 spiro atoms. The lowest BCUT2D eigenvalue weighted by atomic mass is 10.1. The van der Waals surface area contributed by atoms with Crippen molar-refractivity contribution < 1.29 is 4.79 Å². The summed E-state index contributed by atoms with van der Waals surface area (Å²) in [6.45, 7) is 2.44. The highest BCUT2D eigenvalue weighted by molar-refractivity contribution is 9.10. The summed E-state index contributed by atoms with van der Waals surface area (Å²) in [5.74, 6) is 0.0669. The second-order valence-corrected chi connectivity index (χ2v) is 7.42. The predicted molar refractivity (Wildman–Crippen MR) is 101 cm³/mol. The Morgan fingerprint density at radius 2 is 1.96 bits per heavy atom. The molecular weight excluding hydrogens is 364 g/mol. The zero-order chi connectivity index (χ0) is 17.1. The smallest absolute Gasteiger partial charge is 0.234 e. The van der Waals surface area contributed by atoms with Gasteiger partial charge >= 0.3 is 0 Å². The lowest BCUT2D eigenvalue weighted by Gasteiger charge is -2.25. The van der Waals surface area contributed by atoms with Gasteiger partial charge in [0, 0.05) is 10.5 Å². The van der Waals surface area contributed by atoms with E-state index in [4.69, 9.17) is 0 Å². The van der Waals surface area contributed by atoms with Crippen molar-refractivity contribution in [3.8, 4) is 0 Å². The molecule has 4 heteroatoms. The molecule has 3 nitrogen and oxygen atoms in total. The molecule has 1 N–H and O–H groups in total. The van der Waals surface area contributed by atoms with E-state index in [9.17, 15) is 4.79 Å². The Balaban J connectivity index is 1.58. The Labute approximate surface area is 152 Å². The van der Waals surface area contributed by atoms with Crippen LogP contribution in [-0.2, 0) is 11.2 Å². The molecule has 2 aromatic rings. The van der Waals surface area contributed by atoms with E-state index >= 15 is 0 Å². The highest BCUT2D eigenvalue weighted by Crippen LogP contribution is 2.34. The van der Waals surface area contributed by atoms with Crippen LogP contribution in [0.4, 0.5) is 0 Å². The monoisotopic (exact) mass is 386 g/mol. The van der Waals surface area contributed by atoms with Crippen molar-refractivity contribution in [3.63, 3.8) is 0 Å². The molecule has 0 bridgehead atoms. The average molecular weight is 387 g/mol. The highest BCUT2D eigenvalue weighted by Gasteiger charge is 2.26. The summed E-state index contributed by atoms with van der Waals surface area (Å²) in [6.07, 6.45) is 2.19. The number of hydrogen-bond donors (Lipinski definition) is 1. The lowest BCUT2D eigenvalue weighted by molar-refractivity contribution is -0.123. The molecule has 3 rings (SSSR count). The van der Waals surface area contributed by atoms with Crippen molar-refractivity contribution in [2.45, 2.75) is 31.8 Å². The molecule has 0 aromatic heterocycles. The van der Waals surface area contributed by atoms with Gasteiger partial charge in [0.15, 0.2) is 0 Å². The first kappa shape index (κ1) is 17.2. The molecule has 2 aromatic carbocycles. The number of carbonyl (C=O) groups excluding carboxylic acids is 1. The molecule has 1 aliphatic rings. The number of nitrogens with one attached hydrogen (secondary N) is 1. The Kier molecular flexibility index (Phi) is 5.36. The van der Waals surface area contributed by atoms with E-state index in [-0.39, 0.29) is 11.9 Å². The van der Waals surface area contributed by atoms with E-state index in [1.807, 2.05) is 38.2 Å². The van der Waals surface area contributed by atoms with E-state index in [1.165, 1.54) is 11.1 Å². The molecule has 1 amide bonds. The normalized spacial score (nSPS) is 17.6. The fraction of sp³-hybridized carbons (Fsp3) is 0.350. The summed E-state index contributed by atoms with van der Waals surface area (Å²) in [6, 6.07) is 17.0. The minimum Gasteiger partial charge on any atom is -0.348 e. The SMILES string of the molecule is CC(NC(=O)CN(C)C1CCc2ccccc21)c1ccc(Br)cc1. The van der Waals surface area contributed by atoms with Crippen molar-refractivity contribution in [3.05, 3.63) is 69.7 Å². The third kappa shape index (κ3) is 3.87. The van der Waals surface area contributed by atoms with Gasteiger partial charge in [-0.05, 0) is 55.6 Å². The van der Waals surface area contributed by atoms with Crippen LogP contribution in [-0.4, -0.2) is 24.4 Å². The number of fused-ring (bicyclic) bond motifs is 1. The molecule has 1 aliphatic carbocycles. The third-order valence-electron chi connectivity index (χ3n) is 4.77. The topological polar surface area (TPSA) is 32.3 Å². The molecule has 2 unspecified atom stereocenters. The number of likely N-dealkylation sites (N-methyl/N-ethyl adjacent to an activating group) is 1. The molecule has 2 atom stereocenters. The number of benzene rings is 2. The van der Waals surface area contributed by atoms with Gasteiger partial charge in [-0.2, -0.15) is 0 Å². The fourth-order valence-electron chi connectivity index (χ4n) is 3.45. The summed E-state index contributed by atoms with van der Waals surface area (Å²) in [5.41, 5.74) is 3.90. The number of hydrogen-bond acceptors (Lipinski definition) is 2. The Hall–Kier alpha value is -1.65. The first-order chi connectivity index (χ1) is 11.5. The van der Waals surface area contributed by atoms with Crippen molar-refractivity contribution in [1.82, 2.24) is 10.2 Å². The minimum absolute atomic E-state index is 0.00913. The van der Waals surface area contributed by atoms with E-state index in [0.717, 1.165) is 22.9 Å². The summed E-state index contributed by atoms with van der Waals surface area (Å²) < 4.78 is 1.05. The summed E-state index contributed by atoms with van der Waals surface area (Å²) in [4.78, 5) is 14.6. The Morgan fingerprint density at radius 1 is 1.25 bits per heavy atom. The van der Waals surface area contributed by atoms with Gasteiger partial charge in [0.25, 0.3) is 0 Å². The molecule has 0 fully saturated rings. The quantitative estimate of drug-likeness (QED) is 0.832. The zero-order valence-electron chi connectivity index (χ0n) is 14.1. The van der Waals surface area contributed by atoms with Gasteiger partial charge in [0.2, 0.25) is 5.91 Å². The van der Waals surface area contributed by atoms with E-state index in [2.05, 4.69) is 50.4 Å². The zero-order valence-corrected chi connectivity index (χ0v) is 15.7. The van der Waals surface area contributed by atoms with Crippen molar-refractivity contribution >= 4 is 21.8 Å². The minimum atomic E-state index is 0.00913. The number of carbonyl (C=O) groups is 1. The third-order valence-corrected chi connectivity index (χ3v) is 5.30. The van der Waals surface area contributed by atoms with Gasteiger partial charge in [-0.15, -0.1) is 0 Å². The first-order valence-electron chi connectivity index (χ1n) is 8.37. The van der Waals surface area contributed by atoms with E-state index < -0.39 is 0 Å². The maximum Gasteiger partial charge on any atom is 0.234 e. The van der Waals surface area contributed by atoms with Gasteiger partial charge in [0.1, 0.15) is 0 Å². The second-order valence-electron chi connectivity index (χ2n) is 6.51. The molecule has 0 aliphatic heterocycles. The molecule has 24 heavy (non-hydrogen) atoms. The summed E-state index contributed by atoms with van der Waals surface area (Å²) in [5, 5.41) is 3.10. The number of rotatable bonds is 5. The van der Waals surface area contributed by atoms with Crippen LogP contribution >= 0.6 is 15.9 Å². The average Bonchev–Trinajstić information content (AvgIpc) is 2.99. The standard InChI is InChI=1S/C20H23BrN2O/c1-14(15-7-10-17(21)11-8-15)22-20(24)13-23(2)19-12-9-16-5-3-4-6-18(16)19/h3-8,10-11,14,19H,9,12-13H2,1-2H3,(H,22,24). The van der Waals surface area contributed by atoms with Crippen molar-refractivity contribution in [2.75, 3.05) is 13.6 Å². The van der Waals surface area contributed by atoms with Crippen molar-refractivity contribution in [1.29, 1.82) is 0 Å². The number of halogens is 1. The molecular formula is C20H23BrN2O. The highest BCUT2D eigenvalue weighted by atomic mass is 79.9. The fourth-order valence-corrected chi connectivity index (χ4v) is 3.72. The Morgan fingerprint density at radius 3 is 2.71 bits per heavy atom. The number of nitrogens with zero attached hydrogens (tertiary/aromatic N) is 1. The second kappa shape index (κ2) is 7.49.